The number of hydrogen-bond donors (Lipinski definition) is 0. The quantitative estimate of drug-likeness (QED) is 0.219. The zero-order valence-electron chi connectivity index (χ0n) is 22.0. The summed E-state index contributed by atoms with van der Waals surface area (Å²) in [5, 5.41) is 0. The van der Waals surface area contributed by atoms with Crippen LogP contribution in [0.2, 0.25) is 0 Å². The van der Waals surface area contributed by atoms with E-state index in [2.05, 4.69) is 9.97 Å². The van der Waals surface area contributed by atoms with Crippen molar-refractivity contribution in [3.63, 3.8) is 0 Å². The highest BCUT2D eigenvalue weighted by molar-refractivity contribution is 5.66. The van der Waals surface area contributed by atoms with E-state index in [4.69, 9.17) is 9.47 Å². The Morgan fingerprint density at radius 3 is 1.56 bits per heavy atom. The molecule has 5 heteroatoms. The predicted octanol–water partition coefficient (Wildman–Crippen LogP) is 8.64. The summed E-state index contributed by atoms with van der Waals surface area (Å²) in [5.74, 6) is 2.51. The van der Waals surface area contributed by atoms with Gasteiger partial charge in [0.15, 0.2) is 0 Å². The van der Waals surface area contributed by atoms with Crippen LogP contribution < -0.4 is 9.47 Å². The number of hydrogen-bond acceptors (Lipinski definition) is 5. The lowest BCUT2D eigenvalue weighted by atomic mass is 9.85. The van der Waals surface area contributed by atoms with E-state index in [9.17, 15) is 4.79 Å². The Morgan fingerprint density at radius 2 is 1.11 bits per heavy atom. The number of unbranched alkanes of at least 4 members (excludes halogenated alkanes) is 2. The molecule has 0 N–H and O–H groups in total. The minimum Gasteiger partial charge on any atom is -0.375 e. The van der Waals surface area contributed by atoms with Crippen LogP contribution in [0.5, 0.6) is 11.8 Å². The van der Waals surface area contributed by atoms with Crippen molar-refractivity contribution in [2.75, 3.05) is 0 Å². The fourth-order valence-electron chi connectivity index (χ4n) is 6.04. The SMILES string of the molecule is O=C(Oc1ncccc1CCCCC1CCCCC1)Oc1ncccc1CCCCC1CCCCC1. The van der Waals surface area contributed by atoms with Crippen molar-refractivity contribution >= 4 is 6.16 Å². The van der Waals surface area contributed by atoms with Crippen molar-refractivity contribution in [2.45, 2.75) is 116 Å². The number of carbonyl (C=O) groups excluding carboxylic acids is 1. The molecule has 5 nitrogen and oxygen atoms in total. The molecule has 0 amide bonds. The highest BCUT2D eigenvalue weighted by atomic mass is 16.7. The van der Waals surface area contributed by atoms with Gasteiger partial charge in [0.2, 0.25) is 11.8 Å². The van der Waals surface area contributed by atoms with E-state index in [1.807, 2.05) is 24.3 Å². The Balaban J connectivity index is 1.22. The summed E-state index contributed by atoms with van der Waals surface area (Å²) in [6, 6.07) is 7.79. The fraction of sp³-hybridized carbons (Fsp3) is 0.645. The average Bonchev–Trinajstić information content (AvgIpc) is 2.92. The number of aromatic nitrogens is 2. The molecule has 2 aliphatic carbocycles. The highest BCUT2D eigenvalue weighted by Crippen LogP contribution is 2.30. The van der Waals surface area contributed by atoms with Crippen molar-refractivity contribution in [1.82, 2.24) is 9.97 Å². The number of ether oxygens (including phenoxy) is 2. The summed E-state index contributed by atoms with van der Waals surface area (Å²) < 4.78 is 11.1. The van der Waals surface area contributed by atoms with E-state index in [1.165, 1.54) is 89.9 Å². The molecular weight excluding hydrogens is 448 g/mol. The van der Waals surface area contributed by atoms with Crippen molar-refractivity contribution in [2.24, 2.45) is 11.8 Å². The summed E-state index contributed by atoms with van der Waals surface area (Å²) in [5.41, 5.74) is 1.92. The lowest BCUT2D eigenvalue weighted by Crippen LogP contribution is -2.17. The number of aryl methyl sites for hydroxylation is 2. The second-order valence-corrected chi connectivity index (χ2v) is 10.9. The van der Waals surface area contributed by atoms with Crippen LogP contribution in [0, 0.1) is 11.8 Å². The topological polar surface area (TPSA) is 61.3 Å². The van der Waals surface area contributed by atoms with Gasteiger partial charge in [-0.2, -0.15) is 0 Å². The third kappa shape index (κ3) is 8.90. The van der Waals surface area contributed by atoms with Gasteiger partial charge in [-0.1, -0.05) is 102 Å². The van der Waals surface area contributed by atoms with Gasteiger partial charge in [0.05, 0.1) is 0 Å². The molecule has 0 atom stereocenters. The van der Waals surface area contributed by atoms with E-state index < -0.39 is 6.16 Å². The maximum atomic E-state index is 12.6. The highest BCUT2D eigenvalue weighted by Gasteiger charge is 2.17. The van der Waals surface area contributed by atoms with Gasteiger partial charge >= 0.3 is 6.16 Å². The van der Waals surface area contributed by atoms with Gasteiger partial charge in [-0.15, -0.1) is 0 Å². The van der Waals surface area contributed by atoms with Crippen LogP contribution in [-0.2, 0) is 12.8 Å². The second kappa shape index (κ2) is 15.0. The summed E-state index contributed by atoms with van der Waals surface area (Å²) in [6.45, 7) is 0. The van der Waals surface area contributed by atoms with Crippen LogP contribution in [-0.4, -0.2) is 16.1 Å². The molecule has 0 unspecified atom stereocenters. The predicted molar refractivity (Wildman–Crippen MR) is 143 cm³/mol. The summed E-state index contributed by atoms with van der Waals surface area (Å²) in [6.07, 6.45) is 25.4. The van der Waals surface area contributed by atoms with Gasteiger partial charge < -0.3 is 9.47 Å². The maximum absolute atomic E-state index is 12.6. The third-order valence-corrected chi connectivity index (χ3v) is 8.13. The molecule has 0 aromatic carbocycles. The van der Waals surface area contributed by atoms with Crippen molar-refractivity contribution < 1.29 is 14.3 Å². The molecule has 36 heavy (non-hydrogen) atoms. The van der Waals surface area contributed by atoms with Crippen LogP contribution in [0.15, 0.2) is 36.7 Å². The van der Waals surface area contributed by atoms with E-state index in [1.54, 1.807) is 12.4 Å². The zero-order valence-corrected chi connectivity index (χ0v) is 22.0. The van der Waals surface area contributed by atoms with Crippen molar-refractivity contribution in [3.8, 4) is 11.8 Å². The van der Waals surface area contributed by atoms with E-state index in [0.29, 0.717) is 11.8 Å². The smallest absolute Gasteiger partial charge is 0.375 e. The Labute approximate surface area is 217 Å². The number of carbonyl (C=O) groups is 1. The maximum Gasteiger partial charge on any atom is 0.522 e. The Hall–Kier alpha value is -2.43. The van der Waals surface area contributed by atoms with Gasteiger partial charge in [-0.05, 0) is 49.7 Å². The van der Waals surface area contributed by atoms with Crippen LogP contribution in [0.1, 0.15) is 114 Å². The fourth-order valence-corrected chi connectivity index (χ4v) is 6.04. The van der Waals surface area contributed by atoms with Crippen LogP contribution in [0.3, 0.4) is 0 Å². The first-order chi connectivity index (χ1) is 17.8. The van der Waals surface area contributed by atoms with Gasteiger partial charge in [0.25, 0.3) is 0 Å². The van der Waals surface area contributed by atoms with Crippen molar-refractivity contribution in [3.05, 3.63) is 47.8 Å². The number of pyridine rings is 2. The van der Waals surface area contributed by atoms with Crippen molar-refractivity contribution in [1.29, 1.82) is 0 Å². The molecule has 2 fully saturated rings. The normalized spacial score (nSPS) is 17.1. The molecular formula is C31H44N2O3. The van der Waals surface area contributed by atoms with Crippen LogP contribution >= 0.6 is 0 Å². The van der Waals surface area contributed by atoms with Gasteiger partial charge in [-0.25, -0.2) is 14.8 Å². The van der Waals surface area contributed by atoms with E-state index in [0.717, 1.165) is 48.6 Å². The second-order valence-electron chi connectivity index (χ2n) is 10.9. The molecule has 0 spiro atoms. The summed E-state index contributed by atoms with van der Waals surface area (Å²) in [7, 11) is 0. The average molecular weight is 493 g/mol. The summed E-state index contributed by atoms with van der Waals surface area (Å²) >= 11 is 0. The van der Waals surface area contributed by atoms with E-state index in [-0.39, 0.29) is 0 Å². The molecule has 2 heterocycles. The Kier molecular flexibility index (Phi) is 11.1. The van der Waals surface area contributed by atoms with Crippen LogP contribution in [0.25, 0.3) is 0 Å². The third-order valence-electron chi connectivity index (χ3n) is 8.13. The molecule has 4 rings (SSSR count). The number of nitrogens with zero attached hydrogens (tertiary/aromatic N) is 2. The van der Waals surface area contributed by atoms with Gasteiger partial charge in [0, 0.05) is 23.5 Å². The number of rotatable bonds is 12. The Bertz CT molecular complexity index is 846. The van der Waals surface area contributed by atoms with Gasteiger partial charge in [0.1, 0.15) is 0 Å². The summed E-state index contributed by atoms with van der Waals surface area (Å²) in [4.78, 5) is 21.3. The first-order valence-corrected chi connectivity index (χ1v) is 14.6. The molecule has 2 aromatic rings. The monoisotopic (exact) mass is 492 g/mol. The molecule has 196 valence electrons. The minimum absolute atomic E-state index is 0.352. The lowest BCUT2D eigenvalue weighted by Gasteiger charge is -2.21. The first kappa shape index (κ1) is 26.6. The first-order valence-electron chi connectivity index (χ1n) is 14.6. The largest absolute Gasteiger partial charge is 0.522 e. The molecule has 0 aliphatic heterocycles. The molecule has 0 saturated heterocycles. The minimum atomic E-state index is -0.765. The Morgan fingerprint density at radius 1 is 0.667 bits per heavy atom. The van der Waals surface area contributed by atoms with Gasteiger partial charge in [-0.3, -0.25) is 0 Å². The molecule has 2 aliphatic rings. The molecule has 0 bridgehead atoms. The lowest BCUT2D eigenvalue weighted by molar-refractivity contribution is 0.147. The van der Waals surface area contributed by atoms with E-state index >= 15 is 0 Å². The van der Waals surface area contributed by atoms with Crippen LogP contribution in [0.4, 0.5) is 4.79 Å². The molecule has 2 saturated carbocycles. The zero-order chi connectivity index (χ0) is 24.8. The molecule has 0 radical (unpaired) electrons. The standard InChI is InChI=1S/C31H44N2O3/c34-31(35-29-27(21-11-23-32-29)19-9-7-17-25-13-3-1-4-14-25)36-30-28(22-12-24-33-30)20-10-8-18-26-15-5-2-6-16-26/h11-12,21-26H,1-10,13-20H2. The molecule has 2 aromatic heterocycles.